The van der Waals surface area contributed by atoms with Gasteiger partial charge in [-0.15, -0.1) is 30.6 Å². The van der Waals surface area contributed by atoms with Crippen molar-refractivity contribution < 1.29 is 4.42 Å². The summed E-state index contributed by atoms with van der Waals surface area (Å²) in [6, 6.07) is 4.52. The van der Waals surface area contributed by atoms with Gasteiger partial charge in [-0.25, -0.2) is 0 Å². The maximum atomic E-state index is 5.36. The molecule has 0 bridgehead atoms. The van der Waals surface area contributed by atoms with E-state index >= 15 is 0 Å². The van der Waals surface area contributed by atoms with Gasteiger partial charge in [-0.3, -0.25) is 4.99 Å². The first-order valence-electron chi connectivity index (χ1n) is 8.14. The highest BCUT2D eigenvalue weighted by atomic mass is 127. The van der Waals surface area contributed by atoms with Crippen molar-refractivity contribution in [2.75, 3.05) is 24.6 Å². The molecular weight excluding hydrogens is 421 g/mol. The first-order valence-corrected chi connectivity index (χ1v) is 9.30. The van der Waals surface area contributed by atoms with Crippen LogP contribution in [0, 0.1) is 0 Å². The summed E-state index contributed by atoms with van der Waals surface area (Å²) in [4.78, 5) is 4.69. The monoisotopic (exact) mass is 449 g/mol. The van der Waals surface area contributed by atoms with Gasteiger partial charge in [-0.1, -0.05) is 18.9 Å². The predicted molar refractivity (Wildman–Crippen MR) is 111 cm³/mol. The van der Waals surface area contributed by atoms with Gasteiger partial charge in [0, 0.05) is 30.5 Å². The minimum atomic E-state index is 0. The van der Waals surface area contributed by atoms with Crippen LogP contribution in [0.4, 0.5) is 0 Å². The molecule has 1 aliphatic rings. The zero-order chi connectivity index (χ0) is 15.5. The third kappa shape index (κ3) is 8.69. The Hall–Kier alpha value is -0.630. The number of guanidine groups is 1. The summed E-state index contributed by atoms with van der Waals surface area (Å²) in [5, 5.41) is 6.99. The standard InChI is InChI=1S/C17H27N3OS.HI/c1-2-13-22-14-11-19-17(20-15-6-3-4-7-15)18-10-9-16-8-5-12-21-16;/h2,5,8,12,15H,1,3-4,6-7,9-11,13-14H2,(H2,18,19,20);1H. The topological polar surface area (TPSA) is 49.6 Å². The van der Waals surface area contributed by atoms with Crippen LogP contribution in [0.5, 0.6) is 0 Å². The molecule has 1 saturated carbocycles. The lowest BCUT2D eigenvalue weighted by Crippen LogP contribution is -2.43. The van der Waals surface area contributed by atoms with Gasteiger partial charge >= 0.3 is 0 Å². The zero-order valence-electron chi connectivity index (χ0n) is 13.6. The normalized spacial score (nSPS) is 15.2. The second kappa shape index (κ2) is 12.8. The van der Waals surface area contributed by atoms with E-state index in [0.29, 0.717) is 6.04 Å². The Balaban J connectivity index is 0.00000264. The molecule has 0 aromatic carbocycles. The van der Waals surface area contributed by atoms with Crippen LogP contribution in [0.15, 0.2) is 40.5 Å². The molecule has 0 atom stereocenters. The Labute approximate surface area is 161 Å². The molecule has 0 amide bonds. The van der Waals surface area contributed by atoms with Crippen molar-refractivity contribution in [3.05, 3.63) is 36.8 Å². The second-order valence-electron chi connectivity index (χ2n) is 5.48. The lowest BCUT2D eigenvalue weighted by Gasteiger charge is -2.17. The van der Waals surface area contributed by atoms with Gasteiger partial charge in [0.05, 0.1) is 12.8 Å². The summed E-state index contributed by atoms with van der Waals surface area (Å²) in [6.45, 7) is 5.41. The molecule has 1 aromatic rings. The van der Waals surface area contributed by atoms with Crippen LogP contribution in [-0.4, -0.2) is 36.6 Å². The van der Waals surface area contributed by atoms with Gasteiger partial charge in [0.15, 0.2) is 5.96 Å². The summed E-state index contributed by atoms with van der Waals surface area (Å²) in [5.41, 5.74) is 0. The van der Waals surface area contributed by atoms with Crippen LogP contribution in [0.25, 0.3) is 0 Å². The number of aliphatic imine (C=N–C) groups is 1. The van der Waals surface area contributed by atoms with Crippen LogP contribution in [-0.2, 0) is 6.42 Å². The molecular formula is C17H28IN3OS. The fraction of sp³-hybridized carbons (Fsp3) is 0.588. The average molecular weight is 449 g/mol. The van der Waals surface area contributed by atoms with E-state index in [-0.39, 0.29) is 24.0 Å². The first-order chi connectivity index (χ1) is 10.9. The number of halogens is 1. The van der Waals surface area contributed by atoms with E-state index in [1.54, 1.807) is 6.26 Å². The molecule has 2 rings (SSSR count). The molecule has 1 aliphatic carbocycles. The van der Waals surface area contributed by atoms with Crippen LogP contribution < -0.4 is 10.6 Å². The summed E-state index contributed by atoms with van der Waals surface area (Å²) >= 11 is 1.86. The number of furan rings is 1. The summed E-state index contributed by atoms with van der Waals surface area (Å²) in [7, 11) is 0. The quantitative estimate of drug-likeness (QED) is 0.198. The summed E-state index contributed by atoms with van der Waals surface area (Å²) < 4.78 is 5.36. The minimum absolute atomic E-state index is 0. The van der Waals surface area contributed by atoms with Gasteiger partial charge in [0.1, 0.15) is 5.76 Å². The van der Waals surface area contributed by atoms with Crippen molar-refractivity contribution in [2.45, 2.75) is 38.1 Å². The van der Waals surface area contributed by atoms with Gasteiger partial charge < -0.3 is 15.1 Å². The fourth-order valence-corrected chi connectivity index (χ4v) is 3.12. The van der Waals surface area contributed by atoms with Crippen molar-refractivity contribution in [3.63, 3.8) is 0 Å². The third-order valence-electron chi connectivity index (χ3n) is 3.68. The molecule has 0 saturated heterocycles. The number of hydrogen-bond acceptors (Lipinski definition) is 3. The van der Waals surface area contributed by atoms with Gasteiger partial charge in [0.25, 0.3) is 0 Å². The van der Waals surface area contributed by atoms with Gasteiger partial charge in [-0.05, 0) is 25.0 Å². The number of rotatable bonds is 9. The van der Waals surface area contributed by atoms with E-state index in [2.05, 4.69) is 22.2 Å². The van der Waals surface area contributed by atoms with Crippen molar-refractivity contribution in [2.24, 2.45) is 4.99 Å². The van der Waals surface area contributed by atoms with E-state index in [9.17, 15) is 0 Å². The molecule has 130 valence electrons. The van der Waals surface area contributed by atoms with Gasteiger partial charge in [-0.2, -0.15) is 11.8 Å². The number of nitrogens with zero attached hydrogens (tertiary/aromatic N) is 1. The largest absolute Gasteiger partial charge is 0.469 e. The molecule has 1 heterocycles. The third-order valence-corrected chi connectivity index (χ3v) is 4.62. The molecule has 23 heavy (non-hydrogen) atoms. The molecule has 4 nitrogen and oxygen atoms in total. The molecule has 0 radical (unpaired) electrons. The molecule has 1 fully saturated rings. The predicted octanol–water partition coefficient (Wildman–Crippen LogP) is 3.84. The summed E-state index contributed by atoms with van der Waals surface area (Å²) in [6.07, 6.45) is 9.70. The maximum Gasteiger partial charge on any atom is 0.191 e. The molecule has 6 heteroatoms. The Morgan fingerprint density at radius 1 is 1.43 bits per heavy atom. The fourth-order valence-electron chi connectivity index (χ4n) is 2.56. The Morgan fingerprint density at radius 3 is 2.96 bits per heavy atom. The Kier molecular flexibility index (Phi) is 11.3. The molecule has 0 unspecified atom stereocenters. The van der Waals surface area contributed by atoms with Crippen molar-refractivity contribution >= 4 is 41.7 Å². The smallest absolute Gasteiger partial charge is 0.191 e. The summed E-state index contributed by atoms with van der Waals surface area (Å²) in [5.74, 6) is 3.97. The van der Waals surface area contributed by atoms with Crippen LogP contribution in [0.3, 0.4) is 0 Å². The highest BCUT2D eigenvalue weighted by Gasteiger charge is 2.15. The second-order valence-corrected chi connectivity index (χ2v) is 6.63. The minimum Gasteiger partial charge on any atom is -0.469 e. The molecule has 2 N–H and O–H groups in total. The van der Waals surface area contributed by atoms with Crippen molar-refractivity contribution in [1.29, 1.82) is 0 Å². The Bertz CT molecular complexity index is 445. The van der Waals surface area contributed by atoms with E-state index in [1.807, 2.05) is 30.0 Å². The average Bonchev–Trinajstić information content (AvgIpc) is 3.20. The zero-order valence-corrected chi connectivity index (χ0v) is 16.8. The number of thioether (sulfide) groups is 1. The maximum absolute atomic E-state index is 5.36. The van der Waals surface area contributed by atoms with Gasteiger partial charge in [0.2, 0.25) is 0 Å². The highest BCUT2D eigenvalue weighted by Crippen LogP contribution is 2.17. The number of nitrogens with one attached hydrogen (secondary N) is 2. The number of hydrogen-bond donors (Lipinski definition) is 2. The lowest BCUT2D eigenvalue weighted by atomic mass is 10.2. The van der Waals surface area contributed by atoms with Crippen molar-refractivity contribution in [3.8, 4) is 0 Å². The molecule has 1 aromatic heterocycles. The SMILES string of the molecule is C=CCSCCN=C(NCCc1ccco1)NC1CCCC1.I. The van der Waals surface area contributed by atoms with Crippen LogP contribution in [0.1, 0.15) is 31.4 Å². The molecule has 0 spiro atoms. The van der Waals surface area contributed by atoms with Crippen molar-refractivity contribution in [1.82, 2.24) is 10.6 Å². The van der Waals surface area contributed by atoms with Crippen LogP contribution >= 0.6 is 35.7 Å². The van der Waals surface area contributed by atoms with E-state index in [1.165, 1.54) is 25.7 Å². The van der Waals surface area contributed by atoms with E-state index in [4.69, 9.17) is 4.42 Å². The molecule has 0 aliphatic heterocycles. The highest BCUT2D eigenvalue weighted by molar-refractivity contribution is 14.0. The van der Waals surface area contributed by atoms with Crippen LogP contribution in [0.2, 0.25) is 0 Å². The lowest BCUT2D eigenvalue weighted by molar-refractivity contribution is 0.506. The van der Waals surface area contributed by atoms with E-state index in [0.717, 1.165) is 42.7 Å². The van der Waals surface area contributed by atoms with E-state index < -0.39 is 0 Å². The Morgan fingerprint density at radius 2 is 2.26 bits per heavy atom. The first kappa shape index (κ1) is 20.4.